The Labute approximate surface area is 137 Å². The van der Waals surface area contributed by atoms with Gasteiger partial charge in [-0.1, -0.05) is 6.92 Å². The predicted octanol–water partition coefficient (Wildman–Crippen LogP) is 2.69. The summed E-state index contributed by atoms with van der Waals surface area (Å²) < 4.78 is 1.65. The van der Waals surface area contributed by atoms with Crippen LogP contribution in [0.5, 0.6) is 0 Å². The maximum absolute atomic E-state index is 12.1. The number of amides is 2. The Morgan fingerprint density at radius 3 is 2.96 bits per heavy atom. The lowest BCUT2D eigenvalue weighted by Gasteiger charge is -2.08. The number of thiazole rings is 1. The maximum Gasteiger partial charge on any atom is 0.319 e. The molecule has 0 saturated heterocycles. The summed E-state index contributed by atoms with van der Waals surface area (Å²) >= 11 is 1.61. The van der Waals surface area contributed by atoms with Crippen LogP contribution >= 0.6 is 11.3 Å². The second kappa shape index (κ2) is 6.33. The van der Waals surface area contributed by atoms with Crippen LogP contribution in [0.15, 0.2) is 18.3 Å². The molecule has 3 aromatic rings. The van der Waals surface area contributed by atoms with E-state index < -0.39 is 0 Å². The zero-order chi connectivity index (χ0) is 16.4. The summed E-state index contributed by atoms with van der Waals surface area (Å²) in [5, 5.41) is 10.9. The van der Waals surface area contributed by atoms with E-state index in [2.05, 4.69) is 32.6 Å². The quantitative estimate of drug-likeness (QED) is 0.770. The van der Waals surface area contributed by atoms with Gasteiger partial charge in [-0.05, 0) is 32.4 Å². The van der Waals surface area contributed by atoms with Gasteiger partial charge in [0.15, 0.2) is 5.65 Å². The normalized spacial score (nSPS) is 10.9. The Morgan fingerprint density at radius 2 is 2.17 bits per heavy atom. The number of pyridine rings is 1. The minimum Gasteiger partial charge on any atom is -0.333 e. The zero-order valence-electron chi connectivity index (χ0n) is 13.3. The van der Waals surface area contributed by atoms with Crippen molar-refractivity contribution in [2.24, 2.45) is 0 Å². The SMILES string of the molecule is CCc1nc(C)sc1CNC(=O)Nc1cccn2nc(C)nc12. The zero-order valence-corrected chi connectivity index (χ0v) is 14.1. The molecule has 7 nitrogen and oxygen atoms in total. The number of fused-ring (bicyclic) bond motifs is 1. The van der Waals surface area contributed by atoms with Crippen molar-refractivity contribution in [3.63, 3.8) is 0 Å². The first-order chi connectivity index (χ1) is 11.1. The topological polar surface area (TPSA) is 84.2 Å². The van der Waals surface area contributed by atoms with Crippen molar-refractivity contribution in [3.05, 3.63) is 39.7 Å². The summed E-state index contributed by atoms with van der Waals surface area (Å²) in [6, 6.07) is 3.35. The maximum atomic E-state index is 12.1. The summed E-state index contributed by atoms with van der Waals surface area (Å²) in [6.45, 7) is 6.32. The number of hydrogen-bond donors (Lipinski definition) is 2. The van der Waals surface area contributed by atoms with Crippen LogP contribution in [-0.2, 0) is 13.0 Å². The number of aromatic nitrogens is 4. The van der Waals surface area contributed by atoms with Gasteiger partial charge < -0.3 is 10.6 Å². The van der Waals surface area contributed by atoms with Gasteiger partial charge in [-0.2, -0.15) is 5.10 Å². The van der Waals surface area contributed by atoms with Crippen LogP contribution in [0.3, 0.4) is 0 Å². The fourth-order valence-corrected chi connectivity index (χ4v) is 3.33. The average Bonchev–Trinajstić information content (AvgIpc) is 3.07. The van der Waals surface area contributed by atoms with E-state index >= 15 is 0 Å². The molecule has 8 heteroatoms. The molecule has 0 bridgehead atoms. The Hall–Kier alpha value is -2.48. The standard InChI is InChI=1S/C15H18N6OS/c1-4-11-13(23-10(3)18-11)8-16-15(22)19-12-6-5-7-21-14(12)17-9(2)20-21/h5-7H,4,8H2,1-3H3,(H2,16,19,22). The first-order valence-electron chi connectivity index (χ1n) is 7.39. The number of aryl methyl sites for hydroxylation is 3. The second-order valence-corrected chi connectivity index (χ2v) is 6.40. The highest BCUT2D eigenvalue weighted by Crippen LogP contribution is 2.18. The molecule has 0 aromatic carbocycles. The molecule has 3 aromatic heterocycles. The molecule has 0 atom stereocenters. The Kier molecular flexibility index (Phi) is 4.24. The van der Waals surface area contributed by atoms with Crippen molar-refractivity contribution < 1.29 is 4.79 Å². The third-order valence-electron chi connectivity index (χ3n) is 3.35. The van der Waals surface area contributed by atoms with Gasteiger partial charge in [-0.25, -0.2) is 19.3 Å². The monoisotopic (exact) mass is 330 g/mol. The number of carbonyl (C=O) groups is 1. The molecule has 23 heavy (non-hydrogen) atoms. The fourth-order valence-electron chi connectivity index (χ4n) is 2.36. The number of urea groups is 1. The molecule has 0 saturated carbocycles. The van der Waals surface area contributed by atoms with Crippen molar-refractivity contribution in [3.8, 4) is 0 Å². The van der Waals surface area contributed by atoms with Crippen LogP contribution in [0.4, 0.5) is 10.5 Å². The summed E-state index contributed by atoms with van der Waals surface area (Å²) in [7, 11) is 0. The molecule has 120 valence electrons. The van der Waals surface area contributed by atoms with Crippen LogP contribution < -0.4 is 10.6 Å². The molecule has 0 aliphatic rings. The van der Waals surface area contributed by atoms with Crippen LogP contribution in [-0.4, -0.2) is 25.6 Å². The van der Waals surface area contributed by atoms with Gasteiger partial charge in [-0.15, -0.1) is 11.3 Å². The van der Waals surface area contributed by atoms with Gasteiger partial charge in [0.25, 0.3) is 0 Å². The van der Waals surface area contributed by atoms with Crippen molar-refractivity contribution in [1.82, 2.24) is 24.9 Å². The average molecular weight is 330 g/mol. The van der Waals surface area contributed by atoms with E-state index in [0.29, 0.717) is 23.7 Å². The summed E-state index contributed by atoms with van der Waals surface area (Å²) in [4.78, 5) is 22.0. The fraction of sp³-hybridized carbons (Fsp3) is 0.333. The second-order valence-electron chi connectivity index (χ2n) is 5.11. The molecule has 0 unspecified atom stereocenters. The van der Waals surface area contributed by atoms with Crippen molar-refractivity contribution >= 4 is 28.7 Å². The Bertz CT molecular complexity index is 853. The van der Waals surface area contributed by atoms with Crippen LogP contribution in [0.2, 0.25) is 0 Å². The Balaban J connectivity index is 1.69. The van der Waals surface area contributed by atoms with Gasteiger partial charge in [0.1, 0.15) is 5.82 Å². The van der Waals surface area contributed by atoms with Crippen molar-refractivity contribution in [1.29, 1.82) is 0 Å². The first kappa shape index (κ1) is 15.4. The lowest BCUT2D eigenvalue weighted by molar-refractivity contribution is 0.252. The van der Waals surface area contributed by atoms with E-state index in [-0.39, 0.29) is 6.03 Å². The minimum absolute atomic E-state index is 0.271. The van der Waals surface area contributed by atoms with Gasteiger partial charge in [0.2, 0.25) is 0 Å². The van der Waals surface area contributed by atoms with Gasteiger partial charge in [-0.3, -0.25) is 0 Å². The summed E-state index contributed by atoms with van der Waals surface area (Å²) in [6.07, 6.45) is 2.66. The van der Waals surface area contributed by atoms with Gasteiger partial charge in [0, 0.05) is 11.1 Å². The molecular formula is C15H18N6OS. The highest BCUT2D eigenvalue weighted by atomic mass is 32.1. The van der Waals surface area contributed by atoms with E-state index in [4.69, 9.17) is 0 Å². The molecule has 0 spiro atoms. The lowest BCUT2D eigenvalue weighted by atomic mass is 10.3. The van der Waals surface area contributed by atoms with Crippen molar-refractivity contribution in [2.45, 2.75) is 33.7 Å². The number of anilines is 1. The smallest absolute Gasteiger partial charge is 0.319 e. The molecule has 3 rings (SSSR count). The molecule has 2 N–H and O–H groups in total. The number of carbonyl (C=O) groups excluding carboxylic acids is 1. The van der Waals surface area contributed by atoms with Crippen LogP contribution in [0.25, 0.3) is 5.65 Å². The summed E-state index contributed by atoms with van der Waals surface area (Å²) in [5.41, 5.74) is 2.30. The number of nitrogens with zero attached hydrogens (tertiary/aromatic N) is 4. The number of rotatable bonds is 4. The highest BCUT2D eigenvalue weighted by molar-refractivity contribution is 7.11. The molecular weight excluding hydrogens is 312 g/mol. The number of nitrogens with one attached hydrogen (secondary N) is 2. The van der Waals surface area contributed by atoms with E-state index in [1.807, 2.05) is 19.9 Å². The largest absolute Gasteiger partial charge is 0.333 e. The predicted molar refractivity (Wildman–Crippen MR) is 89.8 cm³/mol. The Morgan fingerprint density at radius 1 is 1.35 bits per heavy atom. The molecule has 0 aliphatic carbocycles. The molecule has 3 heterocycles. The van der Waals surface area contributed by atoms with Gasteiger partial charge >= 0.3 is 6.03 Å². The molecule has 0 fully saturated rings. The third-order valence-corrected chi connectivity index (χ3v) is 4.36. The van der Waals surface area contributed by atoms with E-state index in [0.717, 1.165) is 22.0 Å². The lowest BCUT2D eigenvalue weighted by Crippen LogP contribution is -2.28. The molecule has 2 amide bonds. The van der Waals surface area contributed by atoms with Crippen LogP contribution in [0, 0.1) is 13.8 Å². The number of hydrogen-bond acceptors (Lipinski definition) is 5. The third kappa shape index (κ3) is 3.31. The molecule has 0 radical (unpaired) electrons. The minimum atomic E-state index is -0.271. The van der Waals surface area contributed by atoms with Crippen LogP contribution in [0.1, 0.15) is 28.3 Å². The van der Waals surface area contributed by atoms with Gasteiger partial charge in [0.05, 0.1) is 22.9 Å². The van der Waals surface area contributed by atoms with Crippen molar-refractivity contribution in [2.75, 3.05) is 5.32 Å². The first-order valence-corrected chi connectivity index (χ1v) is 8.20. The van der Waals surface area contributed by atoms with E-state index in [1.54, 1.807) is 28.1 Å². The highest BCUT2D eigenvalue weighted by Gasteiger charge is 2.11. The van der Waals surface area contributed by atoms with E-state index in [9.17, 15) is 4.79 Å². The summed E-state index contributed by atoms with van der Waals surface area (Å²) in [5.74, 6) is 0.660. The van der Waals surface area contributed by atoms with E-state index in [1.165, 1.54) is 0 Å². The molecule has 0 aliphatic heterocycles.